The zero-order valence-electron chi connectivity index (χ0n) is 9.15. The van der Waals surface area contributed by atoms with Crippen LogP contribution in [-0.4, -0.2) is 45.0 Å². The van der Waals surface area contributed by atoms with Crippen LogP contribution in [0.3, 0.4) is 0 Å². The fraction of sp³-hybridized carbons (Fsp3) is 0.714. The molecule has 3 N–H and O–H groups in total. The monoisotopic (exact) mass is 249 g/mol. The zero-order chi connectivity index (χ0) is 12.0. The van der Waals surface area contributed by atoms with Gasteiger partial charge in [-0.15, -0.1) is 5.10 Å². The second-order valence-electron chi connectivity index (χ2n) is 3.12. The van der Waals surface area contributed by atoms with E-state index in [1.807, 2.05) is 0 Å². The Hall–Kier alpha value is -1.19. The average molecular weight is 249 g/mol. The summed E-state index contributed by atoms with van der Waals surface area (Å²) in [6, 6.07) is 0.278. The first-order valence-corrected chi connectivity index (χ1v) is 6.56. The van der Waals surface area contributed by atoms with E-state index in [0.717, 1.165) is 6.26 Å². The number of nitrogens with zero attached hydrogens (tertiary/aromatic N) is 2. The van der Waals surface area contributed by atoms with Crippen molar-refractivity contribution in [2.75, 3.05) is 31.7 Å². The Labute approximate surface area is 93.9 Å². The van der Waals surface area contributed by atoms with Gasteiger partial charge in [0.25, 0.3) is 0 Å². The van der Waals surface area contributed by atoms with Gasteiger partial charge in [0.05, 0.1) is 12.8 Å². The molecule has 0 bridgehead atoms. The highest BCUT2D eigenvalue weighted by atomic mass is 32.2. The molecule has 1 heterocycles. The van der Waals surface area contributed by atoms with Gasteiger partial charge in [-0.25, -0.2) is 13.1 Å². The number of sulfonamides is 1. The van der Waals surface area contributed by atoms with Crippen molar-refractivity contribution in [2.45, 2.75) is 6.54 Å². The number of rotatable bonds is 7. The van der Waals surface area contributed by atoms with Gasteiger partial charge < -0.3 is 15.1 Å². The maximum atomic E-state index is 10.7. The van der Waals surface area contributed by atoms with Crippen LogP contribution in [0.2, 0.25) is 0 Å². The quantitative estimate of drug-likeness (QED) is 0.518. The van der Waals surface area contributed by atoms with Crippen LogP contribution < -0.4 is 15.4 Å². The third-order valence-electron chi connectivity index (χ3n) is 1.56. The highest BCUT2D eigenvalue weighted by Crippen LogP contribution is 2.03. The molecule has 0 amide bonds. The molecule has 0 saturated heterocycles. The molecule has 1 aromatic rings. The van der Waals surface area contributed by atoms with Crippen LogP contribution in [0, 0.1) is 0 Å². The number of nitrogens with one attached hydrogen (secondary N) is 3. The molecule has 0 unspecified atom stereocenters. The van der Waals surface area contributed by atoms with Crippen molar-refractivity contribution in [2.24, 2.45) is 0 Å². The number of anilines is 1. The molecular weight excluding hydrogens is 234 g/mol. The summed E-state index contributed by atoms with van der Waals surface area (Å²) in [5, 5.41) is 13.1. The van der Waals surface area contributed by atoms with Crippen LogP contribution in [0.5, 0.6) is 0 Å². The van der Waals surface area contributed by atoms with Gasteiger partial charge in [0.2, 0.25) is 15.9 Å². The van der Waals surface area contributed by atoms with Crippen molar-refractivity contribution >= 4 is 16.0 Å². The lowest BCUT2D eigenvalue weighted by atomic mass is 10.6. The topological polar surface area (TPSA) is 109 Å². The van der Waals surface area contributed by atoms with Crippen LogP contribution in [0.15, 0.2) is 4.42 Å². The summed E-state index contributed by atoms with van der Waals surface area (Å²) in [5.41, 5.74) is 0. The lowest BCUT2D eigenvalue weighted by Crippen LogP contribution is -2.27. The second-order valence-corrected chi connectivity index (χ2v) is 4.96. The minimum absolute atomic E-state index is 0.266. The Balaban J connectivity index is 2.26. The lowest BCUT2D eigenvalue weighted by molar-refractivity contribution is 0.489. The lowest BCUT2D eigenvalue weighted by Gasteiger charge is -2.01. The highest BCUT2D eigenvalue weighted by molar-refractivity contribution is 7.88. The fourth-order valence-electron chi connectivity index (χ4n) is 0.954. The molecular formula is C7H15N5O3S. The van der Waals surface area contributed by atoms with Gasteiger partial charge in [0, 0.05) is 13.1 Å². The Bertz CT molecular complexity index is 415. The normalized spacial score (nSPS) is 11.6. The minimum atomic E-state index is -3.15. The van der Waals surface area contributed by atoms with Gasteiger partial charge in [-0.2, -0.15) is 0 Å². The highest BCUT2D eigenvalue weighted by Gasteiger charge is 2.04. The maximum absolute atomic E-state index is 10.7. The largest absolute Gasteiger partial charge is 0.407 e. The van der Waals surface area contributed by atoms with Crippen LogP contribution in [0.1, 0.15) is 5.89 Å². The van der Waals surface area contributed by atoms with Gasteiger partial charge in [-0.3, -0.25) is 0 Å². The summed E-state index contributed by atoms with van der Waals surface area (Å²) >= 11 is 0. The van der Waals surface area contributed by atoms with E-state index < -0.39 is 10.0 Å². The molecule has 0 saturated carbocycles. The number of hydrogen-bond acceptors (Lipinski definition) is 7. The fourth-order valence-corrected chi connectivity index (χ4v) is 1.43. The molecule has 0 aromatic carbocycles. The molecule has 0 radical (unpaired) electrons. The van der Waals surface area contributed by atoms with Crippen molar-refractivity contribution in [3.63, 3.8) is 0 Å². The van der Waals surface area contributed by atoms with Crippen molar-refractivity contribution in [1.82, 2.24) is 20.2 Å². The van der Waals surface area contributed by atoms with Crippen molar-refractivity contribution < 1.29 is 12.8 Å². The molecule has 1 aromatic heterocycles. The first kappa shape index (κ1) is 12.9. The van der Waals surface area contributed by atoms with E-state index in [1.54, 1.807) is 7.05 Å². The van der Waals surface area contributed by atoms with E-state index in [4.69, 9.17) is 4.42 Å². The molecule has 0 fully saturated rings. The van der Waals surface area contributed by atoms with E-state index in [1.165, 1.54) is 0 Å². The van der Waals surface area contributed by atoms with Crippen molar-refractivity contribution in [3.8, 4) is 0 Å². The third kappa shape index (κ3) is 5.05. The SMILES string of the molecule is CNCc1nnc(NCCNS(C)(=O)=O)o1. The maximum Gasteiger partial charge on any atom is 0.315 e. The molecule has 9 heteroatoms. The first-order valence-electron chi connectivity index (χ1n) is 4.67. The molecule has 1 rings (SSSR count). The molecule has 16 heavy (non-hydrogen) atoms. The molecule has 0 aliphatic carbocycles. The molecule has 0 spiro atoms. The van der Waals surface area contributed by atoms with Crippen LogP contribution >= 0.6 is 0 Å². The Morgan fingerprint density at radius 2 is 2.06 bits per heavy atom. The summed E-state index contributed by atoms with van der Waals surface area (Å²) in [6.07, 6.45) is 1.10. The molecule has 0 aliphatic heterocycles. The van der Waals surface area contributed by atoms with Gasteiger partial charge >= 0.3 is 6.01 Å². The Morgan fingerprint density at radius 3 is 2.69 bits per heavy atom. The molecule has 92 valence electrons. The predicted molar refractivity (Wildman–Crippen MR) is 58.4 cm³/mol. The van der Waals surface area contributed by atoms with Crippen LogP contribution in [-0.2, 0) is 16.6 Å². The Morgan fingerprint density at radius 1 is 1.31 bits per heavy atom. The number of aromatic nitrogens is 2. The summed E-state index contributed by atoms with van der Waals surface area (Å²) in [6.45, 7) is 1.15. The van der Waals surface area contributed by atoms with Crippen LogP contribution in [0.25, 0.3) is 0 Å². The minimum Gasteiger partial charge on any atom is -0.407 e. The van der Waals surface area contributed by atoms with E-state index >= 15 is 0 Å². The van der Waals surface area contributed by atoms with Crippen LogP contribution in [0.4, 0.5) is 6.01 Å². The molecule has 0 aliphatic rings. The summed E-state index contributed by atoms with van der Waals surface area (Å²) in [5.74, 6) is 0.473. The standard InChI is InChI=1S/C7H15N5O3S/c1-8-5-6-11-12-7(15-6)9-3-4-10-16(2,13)14/h8,10H,3-5H2,1-2H3,(H,9,12). The first-order chi connectivity index (χ1) is 7.51. The molecule has 8 nitrogen and oxygen atoms in total. The summed E-state index contributed by atoms with van der Waals surface area (Å²) < 4.78 is 29.0. The van der Waals surface area contributed by atoms with Gasteiger partial charge in [0.15, 0.2) is 0 Å². The summed E-state index contributed by atoms with van der Waals surface area (Å²) in [7, 11) is -1.38. The van der Waals surface area contributed by atoms with Gasteiger partial charge in [-0.1, -0.05) is 5.10 Å². The predicted octanol–water partition coefficient (Wildman–Crippen LogP) is -1.25. The van der Waals surface area contributed by atoms with Gasteiger partial charge in [-0.05, 0) is 7.05 Å². The van der Waals surface area contributed by atoms with E-state index in [2.05, 4.69) is 25.6 Å². The van der Waals surface area contributed by atoms with Crippen molar-refractivity contribution in [3.05, 3.63) is 5.89 Å². The van der Waals surface area contributed by atoms with E-state index in [0.29, 0.717) is 19.0 Å². The smallest absolute Gasteiger partial charge is 0.315 e. The Kier molecular flexibility index (Phi) is 4.65. The summed E-state index contributed by atoms with van der Waals surface area (Å²) in [4.78, 5) is 0. The number of hydrogen-bond donors (Lipinski definition) is 3. The van der Waals surface area contributed by atoms with Gasteiger partial charge in [0.1, 0.15) is 0 Å². The van der Waals surface area contributed by atoms with E-state index in [-0.39, 0.29) is 12.6 Å². The third-order valence-corrected chi connectivity index (χ3v) is 2.29. The van der Waals surface area contributed by atoms with E-state index in [9.17, 15) is 8.42 Å². The second kappa shape index (κ2) is 5.77. The molecule has 0 atom stereocenters. The zero-order valence-corrected chi connectivity index (χ0v) is 9.97. The average Bonchev–Trinajstić information content (AvgIpc) is 2.60. The van der Waals surface area contributed by atoms with Crippen molar-refractivity contribution in [1.29, 1.82) is 0 Å².